The van der Waals surface area contributed by atoms with Gasteiger partial charge in [0.1, 0.15) is 0 Å². The molecular weight excluding hydrogens is 247 g/mol. The van der Waals surface area contributed by atoms with Gasteiger partial charge in [0.2, 0.25) is 5.91 Å². The van der Waals surface area contributed by atoms with E-state index in [1.165, 1.54) is 4.90 Å². The molecule has 3 nitrogen and oxygen atoms in total. The predicted octanol–water partition coefficient (Wildman–Crippen LogP) is 2.12. The van der Waals surface area contributed by atoms with Crippen LogP contribution in [0, 0.1) is 0 Å². The Morgan fingerprint density at radius 2 is 2.00 bits per heavy atom. The summed E-state index contributed by atoms with van der Waals surface area (Å²) in [5.74, 6) is -0.411. The zero-order chi connectivity index (χ0) is 12.3. The van der Waals surface area contributed by atoms with Crippen molar-refractivity contribution in [2.24, 2.45) is 5.73 Å². The van der Waals surface area contributed by atoms with Gasteiger partial charge in [-0.15, -0.1) is 0 Å². The van der Waals surface area contributed by atoms with Crippen molar-refractivity contribution in [1.82, 2.24) is 4.90 Å². The van der Waals surface area contributed by atoms with E-state index in [9.17, 15) is 4.79 Å². The first-order valence-electron chi connectivity index (χ1n) is 4.83. The second-order valence-corrected chi connectivity index (χ2v) is 4.51. The molecule has 0 bridgehead atoms. The Hall–Kier alpha value is -0.770. The van der Waals surface area contributed by atoms with E-state index in [2.05, 4.69) is 0 Å². The average molecular weight is 261 g/mol. The minimum Gasteiger partial charge on any atom is -0.348 e. The molecule has 0 saturated heterocycles. The van der Waals surface area contributed by atoms with Crippen LogP contribution in [0.5, 0.6) is 0 Å². The van der Waals surface area contributed by atoms with Gasteiger partial charge in [-0.1, -0.05) is 29.3 Å². The molecule has 0 fully saturated rings. The lowest BCUT2D eigenvalue weighted by atomic mass is 9.98. The van der Waals surface area contributed by atoms with Gasteiger partial charge < -0.3 is 10.6 Å². The number of halogens is 2. The second kappa shape index (κ2) is 5.53. The topological polar surface area (TPSA) is 46.3 Å². The Kier molecular flexibility index (Phi) is 4.59. The molecule has 0 spiro atoms. The van der Waals surface area contributed by atoms with Crippen LogP contribution in [0.2, 0.25) is 10.0 Å². The molecule has 0 saturated carbocycles. The standard InChI is InChI=1S/C11H14Cl2N2O/c1-15(2)11(16)8(6-14)7-3-4-9(12)10(13)5-7/h3-5,8H,6,14H2,1-2H3. The van der Waals surface area contributed by atoms with Gasteiger partial charge in [0, 0.05) is 20.6 Å². The number of hydrogen-bond acceptors (Lipinski definition) is 2. The van der Waals surface area contributed by atoms with Crippen LogP contribution in [-0.2, 0) is 4.79 Å². The normalized spacial score (nSPS) is 12.3. The molecule has 0 aliphatic carbocycles. The van der Waals surface area contributed by atoms with Crippen molar-refractivity contribution < 1.29 is 4.79 Å². The maximum atomic E-state index is 11.8. The number of carbonyl (C=O) groups excluding carboxylic acids is 1. The third-order valence-electron chi connectivity index (χ3n) is 2.32. The lowest BCUT2D eigenvalue weighted by Gasteiger charge is -2.19. The number of likely N-dealkylation sites (N-methyl/N-ethyl adjacent to an activating group) is 1. The molecule has 88 valence electrons. The lowest BCUT2D eigenvalue weighted by molar-refractivity contribution is -0.130. The first kappa shape index (κ1) is 13.3. The molecule has 16 heavy (non-hydrogen) atoms. The summed E-state index contributed by atoms with van der Waals surface area (Å²) < 4.78 is 0. The van der Waals surface area contributed by atoms with Crippen LogP contribution in [0.25, 0.3) is 0 Å². The van der Waals surface area contributed by atoms with E-state index in [0.717, 1.165) is 5.56 Å². The number of amides is 1. The van der Waals surface area contributed by atoms with E-state index >= 15 is 0 Å². The van der Waals surface area contributed by atoms with Crippen LogP contribution >= 0.6 is 23.2 Å². The van der Waals surface area contributed by atoms with Crippen molar-refractivity contribution in [3.8, 4) is 0 Å². The molecule has 0 aromatic heterocycles. The number of nitrogens with zero attached hydrogens (tertiary/aromatic N) is 1. The van der Waals surface area contributed by atoms with Crippen molar-refractivity contribution in [3.63, 3.8) is 0 Å². The Morgan fingerprint density at radius 1 is 1.38 bits per heavy atom. The van der Waals surface area contributed by atoms with Gasteiger partial charge in [-0.2, -0.15) is 0 Å². The Morgan fingerprint density at radius 3 is 2.44 bits per heavy atom. The maximum Gasteiger partial charge on any atom is 0.230 e. The van der Waals surface area contributed by atoms with Crippen molar-refractivity contribution in [1.29, 1.82) is 0 Å². The summed E-state index contributed by atoms with van der Waals surface area (Å²) in [6, 6.07) is 5.13. The second-order valence-electron chi connectivity index (χ2n) is 3.69. The van der Waals surface area contributed by atoms with Crippen LogP contribution in [0.15, 0.2) is 18.2 Å². The zero-order valence-corrected chi connectivity index (χ0v) is 10.7. The summed E-state index contributed by atoms with van der Waals surface area (Å²) in [5.41, 5.74) is 6.40. The molecule has 0 radical (unpaired) electrons. The first-order chi connectivity index (χ1) is 7.47. The van der Waals surface area contributed by atoms with Crippen molar-refractivity contribution in [2.45, 2.75) is 5.92 Å². The van der Waals surface area contributed by atoms with E-state index in [0.29, 0.717) is 10.0 Å². The van der Waals surface area contributed by atoms with Crippen molar-refractivity contribution >= 4 is 29.1 Å². The summed E-state index contributed by atoms with van der Waals surface area (Å²) >= 11 is 11.7. The van der Waals surface area contributed by atoms with Crippen LogP contribution in [-0.4, -0.2) is 31.4 Å². The van der Waals surface area contributed by atoms with Crippen molar-refractivity contribution in [3.05, 3.63) is 33.8 Å². The number of rotatable bonds is 3. The van der Waals surface area contributed by atoms with Gasteiger partial charge in [0.05, 0.1) is 16.0 Å². The molecule has 1 atom stereocenters. The molecule has 1 amide bonds. The van der Waals surface area contributed by atoms with Crippen molar-refractivity contribution in [2.75, 3.05) is 20.6 Å². The Labute approximate surface area is 105 Å². The first-order valence-corrected chi connectivity index (χ1v) is 5.59. The number of hydrogen-bond donors (Lipinski definition) is 1. The average Bonchev–Trinajstić information content (AvgIpc) is 2.24. The van der Waals surface area contributed by atoms with Gasteiger partial charge in [0.25, 0.3) is 0 Å². The summed E-state index contributed by atoms with van der Waals surface area (Å²) in [6.07, 6.45) is 0. The Balaban J connectivity index is 3.04. The highest BCUT2D eigenvalue weighted by atomic mass is 35.5. The molecule has 1 aromatic rings. The molecule has 0 aliphatic rings. The fourth-order valence-corrected chi connectivity index (χ4v) is 1.73. The van der Waals surface area contributed by atoms with Gasteiger partial charge in [0.15, 0.2) is 0 Å². The molecule has 5 heteroatoms. The van der Waals surface area contributed by atoms with Crippen LogP contribution < -0.4 is 5.73 Å². The van der Waals surface area contributed by atoms with Crippen LogP contribution in [0.1, 0.15) is 11.5 Å². The highest BCUT2D eigenvalue weighted by Crippen LogP contribution is 2.26. The number of carbonyl (C=O) groups is 1. The SMILES string of the molecule is CN(C)C(=O)C(CN)c1ccc(Cl)c(Cl)c1. The minimum atomic E-state index is -0.371. The quantitative estimate of drug-likeness (QED) is 0.905. The fourth-order valence-electron chi connectivity index (χ4n) is 1.42. The molecule has 1 unspecified atom stereocenters. The largest absolute Gasteiger partial charge is 0.348 e. The predicted molar refractivity (Wildman–Crippen MR) is 67.0 cm³/mol. The van der Waals surface area contributed by atoms with E-state index in [1.807, 2.05) is 0 Å². The minimum absolute atomic E-state index is 0.0408. The molecule has 0 heterocycles. The van der Waals surface area contributed by atoms with Crippen LogP contribution in [0.4, 0.5) is 0 Å². The number of nitrogens with two attached hydrogens (primary N) is 1. The lowest BCUT2D eigenvalue weighted by Crippen LogP contribution is -2.32. The molecular formula is C11H14Cl2N2O. The smallest absolute Gasteiger partial charge is 0.230 e. The zero-order valence-electron chi connectivity index (χ0n) is 9.21. The van der Waals surface area contributed by atoms with E-state index in [-0.39, 0.29) is 18.4 Å². The highest BCUT2D eigenvalue weighted by Gasteiger charge is 2.21. The fraction of sp³-hybridized carbons (Fsp3) is 0.364. The summed E-state index contributed by atoms with van der Waals surface area (Å²) in [6.45, 7) is 0.245. The van der Waals surface area contributed by atoms with E-state index < -0.39 is 0 Å². The molecule has 1 rings (SSSR count). The summed E-state index contributed by atoms with van der Waals surface area (Å²) in [4.78, 5) is 13.4. The molecule has 1 aromatic carbocycles. The van der Waals surface area contributed by atoms with E-state index in [1.54, 1.807) is 32.3 Å². The monoisotopic (exact) mass is 260 g/mol. The highest BCUT2D eigenvalue weighted by molar-refractivity contribution is 6.42. The summed E-state index contributed by atoms with van der Waals surface area (Å²) in [5, 5.41) is 0.905. The third kappa shape index (κ3) is 2.88. The van der Waals surface area contributed by atoms with E-state index in [4.69, 9.17) is 28.9 Å². The van der Waals surface area contributed by atoms with Gasteiger partial charge in [-0.25, -0.2) is 0 Å². The van der Waals surface area contributed by atoms with Gasteiger partial charge in [-0.3, -0.25) is 4.79 Å². The molecule has 2 N–H and O–H groups in total. The molecule has 0 aliphatic heterocycles. The number of benzene rings is 1. The summed E-state index contributed by atoms with van der Waals surface area (Å²) in [7, 11) is 3.39. The van der Waals surface area contributed by atoms with Gasteiger partial charge in [-0.05, 0) is 17.7 Å². The third-order valence-corrected chi connectivity index (χ3v) is 3.06. The maximum absolute atomic E-state index is 11.8. The Bertz CT molecular complexity index is 394. The van der Waals surface area contributed by atoms with Crippen LogP contribution in [0.3, 0.4) is 0 Å². The van der Waals surface area contributed by atoms with Gasteiger partial charge >= 0.3 is 0 Å².